The fraction of sp³-hybridized carbons (Fsp3) is 0.389. The third kappa shape index (κ3) is 4.30. The van der Waals surface area contributed by atoms with Crippen LogP contribution in [0, 0.1) is 6.92 Å². The summed E-state index contributed by atoms with van der Waals surface area (Å²) in [7, 11) is 1.71. The van der Waals surface area contributed by atoms with E-state index in [0.29, 0.717) is 0 Å². The maximum atomic E-state index is 5.31. The molecule has 21 heavy (non-hydrogen) atoms. The summed E-state index contributed by atoms with van der Waals surface area (Å²) in [4.78, 5) is 4.42. The van der Waals surface area contributed by atoms with Crippen LogP contribution >= 0.6 is 0 Å². The zero-order valence-corrected chi connectivity index (χ0v) is 13.1. The molecule has 112 valence electrons. The Morgan fingerprint density at radius 1 is 1.24 bits per heavy atom. The van der Waals surface area contributed by atoms with Crippen molar-refractivity contribution in [3.8, 4) is 5.75 Å². The number of hydrogen-bond acceptors (Lipinski definition) is 3. The molecule has 0 saturated heterocycles. The molecular formula is C18H24N2O. The molecule has 0 saturated carbocycles. The Morgan fingerprint density at radius 3 is 2.81 bits per heavy atom. The summed E-state index contributed by atoms with van der Waals surface area (Å²) in [6, 6.07) is 12.7. The molecule has 2 rings (SSSR count). The molecule has 1 N–H and O–H groups in total. The van der Waals surface area contributed by atoms with Crippen molar-refractivity contribution in [1.29, 1.82) is 0 Å². The fourth-order valence-corrected chi connectivity index (χ4v) is 2.51. The second-order valence-electron chi connectivity index (χ2n) is 5.24. The minimum Gasteiger partial charge on any atom is -0.497 e. The predicted molar refractivity (Wildman–Crippen MR) is 86.7 cm³/mol. The van der Waals surface area contributed by atoms with Gasteiger partial charge in [0.2, 0.25) is 0 Å². The van der Waals surface area contributed by atoms with Gasteiger partial charge in [0.15, 0.2) is 0 Å². The smallest absolute Gasteiger partial charge is 0.119 e. The summed E-state index contributed by atoms with van der Waals surface area (Å²) >= 11 is 0. The van der Waals surface area contributed by atoms with Gasteiger partial charge in [-0.25, -0.2) is 0 Å². The number of benzene rings is 1. The number of ether oxygens (including phenoxy) is 1. The van der Waals surface area contributed by atoms with Crippen molar-refractivity contribution in [1.82, 2.24) is 10.3 Å². The van der Waals surface area contributed by atoms with Crippen molar-refractivity contribution in [2.75, 3.05) is 13.7 Å². The van der Waals surface area contributed by atoms with Gasteiger partial charge in [0, 0.05) is 17.9 Å². The van der Waals surface area contributed by atoms with Crippen LogP contribution in [0.5, 0.6) is 5.75 Å². The van der Waals surface area contributed by atoms with Crippen LogP contribution in [0.15, 0.2) is 42.6 Å². The van der Waals surface area contributed by atoms with Gasteiger partial charge in [-0.2, -0.15) is 0 Å². The largest absolute Gasteiger partial charge is 0.497 e. The number of aromatic nitrogens is 1. The second kappa shape index (κ2) is 7.79. The molecule has 0 fully saturated rings. The van der Waals surface area contributed by atoms with Crippen LogP contribution in [-0.4, -0.2) is 18.6 Å². The molecule has 1 aromatic carbocycles. The van der Waals surface area contributed by atoms with Crippen molar-refractivity contribution in [2.45, 2.75) is 32.7 Å². The van der Waals surface area contributed by atoms with Crippen LogP contribution in [-0.2, 0) is 6.42 Å². The normalized spacial score (nSPS) is 12.1. The van der Waals surface area contributed by atoms with Gasteiger partial charge >= 0.3 is 0 Å². The zero-order chi connectivity index (χ0) is 15.1. The van der Waals surface area contributed by atoms with Crippen LogP contribution in [0.1, 0.15) is 36.2 Å². The van der Waals surface area contributed by atoms with Gasteiger partial charge in [-0.3, -0.25) is 4.98 Å². The molecule has 1 aromatic heterocycles. The van der Waals surface area contributed by atoms with Gasteiger partial charge in [-0.05, 0) is 55.6 Å². The highest BCUT2D eigenvalue weighted by Crippen LogP contribution is 2.22. The van der Waals surface area contributed by atoms with Gasteiger partial charge in [-0.15, -0.1) is 0 Å². The first-order chi connectivity index (χ1) is 10.2. The molecule has 0 aliphatic carbocycles. The highest BCUT2D eigenvalue weighted by molar-refractivity contribution is 5.31. The van der Waals surface area contributed by atoms with E-state index in [9.17, 15) is 0 Å². The Balaban J connectivity index is 2.21. The molecule has 1 heterocycles. The number of methoxy groups -OCH3 is 1. The lowest BCUT2D eigenvalue weighted by atomic mass is 9.97. The Labute approximate surface area is 127 Å². The third-order valence-electron chi connectivity index (χ3n) is 3.64. The lowest BCUT2D eigenvalue weighted by Crippen LogP contribution is -2.25. The summed E-state index contributed by atoms with van der Waals surface area (Å²) in [5.41, 5.74) is 3.63. The number of pyridine rings is 1. The van der Waals surface area contributed by atoms with Crippen LogP contribution in [0.2, 0.25) is 0 Å². The maximum absolute atomic E-state index is 5.31. The molecule has 3 heteroatoms. The van der Waals surface area contributed by atoms with E-state index in [4.69, 9.17) is 4.74 Å². The molecule has 1 atom stereocenters. The van der Waals surface area contributed by atoms with Crippen LogP contribution in [0.3, 0.4) is 0 Å². The monoisotopic (exact) mass is 284 g/mol. The number of hydrogen-bond donors (Lipinski definition) is 1. The standard InChI is InChI=1S/C18H24N2O/c1-4-10-20-18(17-9-6-11-19-14(17)2)13-15-7-5-8-16(12-15)21-3/h5-9,11-12,18,20H,4,10,13H2,1-3H3. The molecule has 2 aromatic rings. The maximum Gasteiger partial charge on any atom is 0.119 e. The lowest BCUT2D eigenvalue weighted by Gasteiger charge is -2.20. The first-order valence-electron chi connectivity index (χ1n) is 7.52. The van der Waals surface area contributed by atoms with E-state index < -0.39 is 0 Å². The SMILES string of the molecule is CCCNC(Cc1cccc(OC)c1)c1cccnc1C. The van der Waals surface area contributed by atoms with Crippen molar-refractivity contribution < 1.29 is 4.74 Å². The minimum atomic E-state index is 0.283. The quantitative estimate of drug-likeness (QED) is 0.842. The van der Waals surface area contributed by atoms with Crippen molar-refractivity contribution in [3.05, 3.63) is 59.4 Å². The molecular weight excluding hydrogens is 260 g/mol. The van der Waals surface area contributed by atoms with Crippen LogP contribution < -0.4 is 10.1 Å². The van der Waals surface area contributed by atoms with E-state index in [-0.39, 0.29) is 6.04 Å². The molecule has 1 unspecified atom stereocenters. The van der Waals surface area contributed by atoms with E-state index >= 15 is 0 Å². The van der Waals surface area contributed by atoms with Gasteiger partial charge in [0.05, 0.1) is 7.11 Å². The summed E-state index contributed by atoms with van der Waals surface area (Å²) in [5.74, 6) is 0.907. The Hall–Kier alpha value is -1.87. The van der Waals surface area contributed by atoms with Crippen molar-refractivity contribution >= 4 is 0 Å². The number of nitrogens with zero attached hydrogens (tertiary/aromatic N) is 1. The molecule has 0 amide bonds. The molecule has 0 aliphatic rings. The van der Waals surface area contributed by atoms with Crippen LogP contribution in [0.25, 0.3) is 0 Å². The molecule has 0 radical (unpaired) electrons. The van der Waals surface area contributed by atoms with Gasteiger partial charge in [0.25, 0.3) is 0 Å². The third-order valence-corrected chi connectivity index (χ3v) is 3.64. The van der Waals surface area contributed by atoms with E-state index in [1.165, 1.54) is 11.1 Å². The van der Waals surface area contributed by atoms with Gasteiger partial charge in [0.1, 0.15) is 5.75 Å². The topological polar surface area (TPSA) is 34.1 Å². The van der Waals surface area contributed by atoms with E-state index in [0.717, 1.165) is 30.8 Å². The minimum absolute atomic E-state index is 0.283. The Bertz CT molecular complexity index is 569. The molecule has 0 bridgehead atoms. The number of rotatable bonds is 7. The summed E-state index contributed by atoms with van der Waals surface area (Å²) in [6.45, 7) is 5.26. The lowest BCUT2D eigenvalue weighted by molar-refractivity contribution is 0.413. The highest BCUT2D eigenvalue weighted by Gasteiger charge is 2.14. The first kappa shape index (κ1) is 15.5. The number of aryl methyl sites for hydroxylation is 1. The van der Waals surface area contributed by atoms with Gasteiger partial charge < -0.3 is 10.1 Å². The van der Waals surface area contributed by atoms with E-state index in [1.54, 1.807) is 7.11 Å². The zero-order valence-electron chi connectivity index (χ0n) is 13.1. The Kier molecular flexibility index (Phi) is 5.76. The molecule has 0 spiro atoms. The van der Waals surface area contributed by atoms with Crippen molar-refractivity contribution in [3.63, 3.8) is 0 Å². The average molecular weight is 284 g/mol. The second-order valence-corrected chi connectivity index (χ2v) is 5.24. The summed E-state index contributed by atoms with van der Waals surface area (Å²) < 4.78 is 5.31. The highest BCUT2D eigenvalue weighted by atomic mass is 16.5. The Morgan fingerprint density at radius 2 is 2.10 bits per heavy atom. The average Bonchev–Trinajstić information content (AvgIpc) is 2.52. The van der Waals surface area contributed by atoms with E-state index in [1.807, 2.05) is 24.4 Å². The summed E-state index contributed by atoms with van der Waals surface area (Å²) in [5, 5.41) is 3.63. The summed E-state index contributed by atoms with van der Waals surface area (Å²) in [6.07, 6.45) is 3.90. The number of nitrogens with one attached hydrogen (secondary N) is 1. The van der Waals surface area contributed by atoms with E-state index in [2.05, 4.69) is 42.3 Å². The van der Waals surface area contributed by atoms with Gasteiger partial charge in [-0.1, -0.05) is 25.1 Å². The van der Waals surface area contributed by atoms with Crippen molar-refractivity contribution in [2.24, 2.45) is 0 Å². The predicted octanol–water partition coefficient (Wildman–Crippen LogP) is 3.68. The molecule has 3 nitrogen and oxygen atoms in total. The first-order valence-corrected chi connectivity index (χ1v) is 7.52. The van der Waals surface area contributed by atoms with Crippen LogP contribution in [0.4, 0.5) is 0 Å². The molecule has 0 aliphatic heterocycles. The fourth-order valence-electron chi connectivity index (χ4n) is 2.51.